The van der Waals surface area contributed by atoms with Crippen LogP contribution in [0.5, 0.6) is 0 Å². The van der Waals surface area contributed by atoms with Crippen molar-refractivity contribution in [2.75, 3.05) is 19.8 Å². The van der Waals surface area contributed by atoms with E-state index in [1.807, 2.05) is 12.3 Å². The summed E-state index contributed by atoms with van der Waals surface area (Å²) in [4.78, 5) is 8.85. The van der Waals surface area contributed by atoms with Crippen LogP contribution in [0, 0.1) is 0 Å². The van der Waals surface area contributed by atoms with Gasteiger partial charge in [-0.15, -0.1) is 0 Å². The van der Waals surface area contributed by atoms with Gasteiger partial charge in [0.25, 0.3) is 0 Å². The van der Waals surface area contributed by atoms with Gasteiger partial charge in [-0.1, -0.05) is 6.92 Å². The first-order valence-corrected chi connectivity index (χ1v) is 5.50. The van der Waals surface area contributed by atoms with Gasteiger partial charge in [0.05, 0.1) is 12.3 Å². The fraction of sp³-hybridized carbons (Fsp3) is 0.636. The molecule has 2 heterocycles. The Morgan fingerprint density at radius 2 is 2.53 bits per heavy atom. The Morgan fingerprint density at radius 1 is 1.60 bits per heavy atom. The van der Waals surface area contributed by atoms with Crippen molar-refractivity contribution in [1.82, 2.24) is 15.3 Å². The van der Waals surface area contributed by atoms with Crippen molar-refractivity contribution in [3.8, 4) is 0 Å². The van der Waals surface area contributed by atoms with Crippen molar-refractivity contribution >= 4 is 0 Å². The number of rotatable bonds is 4. The smallest absolute Gasteiger partial charge is 0.134 e. The van der Waals surface area contributed by atoms with E-state index in [9.17, 15) is 0 Å². The highest BCUT2D eigenvalue weighted by molar-refractivity contribution is 5.06. The molecule has 15 heavy (non-hydrogen) atoms. The van der Waals surface area contributed by atoms with Crippen molar-refractivity contribution in [1.29, 1.82) is 0 Å². The quantitative estimate of drug-likeness (QED) is 0.803. The van der Waals surface area contributed by atoms with Crippen LogP contribution >= 0.6 is 0 Å². The van der Waals surface area contributed by atoms with E-state index in [1.165, 1.54) is 0 Å². The van der Waals surface area contributed by atoms with Crippen molar-refractivity contribution in [3.63, 3.8) is 0 Å². The first-order chi connectivity index (χ1) is 7.40. The van der Waals surface area contributed by atoms with Crippen LogP contribution in [0.15, 0.2) is 12.3 Å². The number of hydrogen-bond donors (Lipinski definition) is 1. The standard InChI is InChI=1S/C11H17N3O/c1-2-12-7-10-3-5-13-11(14-10)9-4-6-15-8-9/h3,5,9,12H,2,4,6-8H2,1H3. The van der Waals surface area contributed by atoms with Gasteiger partial charge in [0, 0.05) is 25.3 Å². The first kappa shape index (κ1) is 10.5. The van der Waals surface area contributed by atoms with E-state index < -0.39 is 0 Å². The molecular weight excluding hydrogens is 190 g/mol. The molecular formula is C11H17N3O. The van der Waals surface area contributed by atoms with E-state index >= 15 is 0 Å². The third kappa shape index (κ3) is 2.73. The summed E-state index contributed by atoms with van der Waals surface area (Å²) in [5, 5.41) is 3.26. The van der Waals surface area contributed by atoms with Gasteiger partial charge in [0.2, 0.25) is 0 Å². The van der Waals surface area contributed by atoms with Crippen LogP contribution in [0.3, 0.4) is 0 Å². The van der Waals surface area contributed by atoms with Gasteiger partial charge in [0.1, 0.15) is 5.82 Å². The average molecular weight is 207 g/mol. The molecule has 1 aliphatic rings. The Balaban J connectivity index is 2.04. The molecule has 1 aliphatic heterocycles. The number of aromatic nitrogens is 2. The van der Waals surface area contributed by atoms with Crippen LogP contribution in [0.1, 0.15) is 30.8 Å². The second-order valence-corrected chi connectivity index (χ2v) is 3.75. The molecule has 1 N–H and O–H groups in total. The van der Waals surface area contributed by atoms with Crippen LogP contribution in [0.4, 0.5) is 0 Å². The van der Waals surface area contributed by atoms with Gasteiger partial charge in [-0.25, -0.2) is 9.97 Å². The maximum Gasteiger partial charge on any atom is 0.134 e. The fourth-order valence-corrected chi connectivity index (χ4v) is 1.70. The molecule has 0 bridgehead atoms. The lowest BCUT2D eigenvalue weighted by molar-refractivity contribution is 0.193. The number of nitrogens with zero attached hydrogens (tertiary/aromatic N) is 2. The van der Waals surface area contributed by atoms with Crippen LogP contribution in [0.2, 0.25) is 0 Å². The molecule has 1 unspecified atom stereocenters. The largest absolute Gasteiger partial charge is 0.381 e. The molecule has 0 saturated carbocycles. The summed E-state index contributed by atoms with van der Waals surface area (Å²) in [7, 11) is 0. The second-order valence-electron chi connectivity index (χ2n) is 3.75. The zero-order valence-corrected chi connectivity index (χ0v) is 9.07. The Hall–Kier alpha value is -1.00. The normalized spacial score (nSPS) is 20.7. The Morgan fingerprint density at radius 3 is 3.27 bits per heavy atom. The van der Waals surface area contributed by atoms with Gasteiger partial charge in [-0.2, -0.15) is 0 Å². The number of ether oxygens (including phenoxy) is 1. The molecule has 1 aromatic rings. The topological polar surface area (TPSA) is 47.0 Å². The summed E-state index contributed by atoms with van der Waals surface area (Å²) in [6.07, 6.45) is 2.89. The molecule has 82 valence electrons. The van der Waals surface area contributed by atoms with Crippen LogP contribution < -0.4 is 5.32 Å². The Kier molecular flexibility index (Phi) is 3.64. The summed E-state index contributed by atoms with van der Waals surface area (Å²) in [6.45, 7) is 5.48. The summed E-state index contributed by atoms with van der Waals surface area (Å²) >= 11 is 0. The third-order valence-corrected chi connectivity index (χ3v) is 2.58. The van der Waals surface area contributed by atoms with E-state index in [0.717, 1.165) is 44.2 Å². The van der Waals surface area contributed by atoms with E-state index in [0.29, 0.717) is 5.92 Å². The molecule has 0 radical (unpaired) electrons. The van der Waals surface area contributed by atoms with Gasteiger partial charge in [-0.3, -0.25) is 0 Å². The Bertz CT molecular complexity index is 310. The van der Waals surface area contributed by atoms with E-state index in [2.05, 4.69) is 22.2 Å². The van der Waals surface area contributed by atoms with Gasteiger partial charge in [-0.05, 0) is 19.0 Å². The van der Waals surface area contributed by atoms with Crippen LogP contribution in [-0.2, 0) is 11.3 Å². The summed E-state index contributed by atoms with van der Waals surface area (Å²) in [5.41, 5.74) is 1.06. The molecule has 2 rings (SSSR count). The molecule has 0 amide bonds. The van der Waals surface area contributed by atoms with Gasteiger partial charge in [0.15, 0.2) is 0 Å². The second kappa shape index (κ2) is 5.19. The van der Waals surface area contributed by atoms with Crippen molar-refractivity contribution in [2.45, 2.75) is 25.8 Å². The van der Waals surface area contributed by atoms with E-state index in [1.54, 1.807) is 0 Å². The van der Waals surface area contributed by atoms with Gasteiger partial charge >= 0.3 is 0 Å². The van der Waals surface area contributed by atoms with Crippen molar-refractivity contribution in [3.05, 3.63) is 23.8 Å². The SMILES string of the molecule is CCNCc1ccnc(C2CCOC2)n1. The van der Waals surface area contributed by atoms with Gasteiger partial charge < -0.3 is 10.1 Å². The molecule has 4 nitrogen and oxygen atoms in total. The van der Waals surface area contributed by atoms with Crippen LogP contribution in [0.25, 0.3) is 0 Å². The molecule has 1 atom stereocenters. The lowest BCUT2D eigenvalue weighted by Gasteiger charge is -2.07. The predicted molar refractivity (Wildman–Crippen MR) is 57.6 cm³/mol. The zero-order chi connectivity index (χ0) is 10.5. The zero-order valence-electron chi connectivity index (χ0n) is 9.07. The molecule has 1 aromatic heterocycles. The number of nitrogens with one attached hydrogen (secondary N) is 1. The highest BCUT2D eigenvalue weighted by Gasteiger charge is 2.20. The van der Waals surface area contributed by atoms with Crippen molar-refractivity contribution < 1.29 is 4.74 Å². The summed E-state index contributed by atoms with van der Waals surface area (Å²) in [6, 6.07) is 1.96. The number of hydrogen-bond acceptors (Lipinski definition) is 4. The van der Waals surface area contributed by atoms with E-state index in [-0.39, 0.29) is 0 Å². The molecule has 0 aliphatic carbocycles. The minimum Gasteiger partial charge on any atom is -0.381 e. The lowest BCUT2D eigenvalue weighted by atomic mass is 10.1. The monoisotopic (exact) mass is 207 g/mol. The molecule has 1 fully saturated rings. The molecule has 0 aromatic carbocycles. The van der Waals surface area contributed by atoms with Crippen molar-refractivity contribution in [2.24, 2.45) is 0 Å². The minimum atomic E-state index is 0.395. The summed E-state index contributed by atoms with van der Waals surface area (Å²) < 4.78 is 5.34. The van der Waals surface area contributed by atoms with Crippen LogP contribution in [-0.4, -0.2) is 29.7 Å². The van der Waals surface area contributed by atoms with E-state index in [4.69, 9.17) is 4.74 Å². The molecule has 4 heteroatoms. The third-order valence-electron chi connectivity index (χ3n) is 2.58. The fourth-order valence-electron chi connectivity index (χ4n) is 1.70. The lowest BCUT2D eigenvalue weighted by Crippen LogP contribution is -2.14. The molecule has 1 saturated heterocycles. The Labute approximate surface area is 90.1 Å². The summed E-state index contributed by atoms with van der Waals surface area (Å²) in [5.74, 6) is 1.33. The maximum atomic E-state index is 5.34. The first-order valence-electron chi connectivity index (χ1n) is 5.50. The molecule has 0 spiro atoms. The minimum absolute atomic E-state index is 0.395. The average Bonchev–Trinajstić information content (AvgIpc) is 2.80. The maximum absolute atomic E-state index is 5.34. The highest BCUT2D eigenvalue weighted by atomic mass is 16.5. The predicted octanol–water partition coefficient (Wildman–Crippen LogP) is 1.09. The highest BCUT2D eigenvalue weighted by Crippen LogP contribution is 2.21.